The van der Waals surface area contributed by atoms with Crippen molar-refractivity contribution < 1.29 is 8.78 Å². The van der Waals surface area contributed by atoms with Crippen molar-refractivity contribution in [2.75, 3.05) is 5.32 Å². The predicted molar refractivity (Wildman–Crippen MR) is 69.9 cm³/mol. The SMILES string of the molecule is FC(F)Sc1ccccc1NCc1cccs1. The minimum Gasteiger partial charge on any atom is -0.379 e. The van der Waals surface area contributed by atoms with Crippen molar-refractivity contribution in [1.29, 1.82) is 0 Å². The van der Waals surface area contributed by atoms with Crippen LogP contribution in [0.3, 0.4) is 0 Å². The number of alkyl halides is 2. The molecule has 0 aliphatic rings. The molecule has 0 spiro atoms. The maximum absolute atomic E-state index is 12.4. The Morgan fingerprint density at radius 1 is 1.18 bits per heavy atom. The minimum absolute atomic E-state index is 0.570. The van der Waals surface area contributed by atoms with Gasteiger partial charge in [-0.05, 0) is 23.6 Å². The molecule has 0 amide bonds. The van der Waals surface area contributed by atoms with Gasteiger partial charge in [0, 0.05) is 22.0 Å². The summed E-state index contributed by atoms with van der Waals surface area (Å²) < 4.78 is 24.7. The number of halogens is 2. The Kier molecular flexibility index (Phi) is 4.39. The first-order chi connectivity index (χ1) is 8.25. The molecule has 1 N–H and O–H groups in total. The zero-order valence-electron chi connectivity index (χ0n) is 8.90. The Morgan fingerprint density at radius 2 is 2.00 bits per heavy atom. The van der Waals surface area contributed by atoms with Crippen LogP contribution >= 0.6 is 23.1 Å². The number of rotatable bonds is 5. The van der Waals surface area contributed by atoms with Crippen molar-refractivity contribution in [3.05, 3.63) is 46.7 Å². The molecule has 17 heavy (non-hydrogen) atoms. The topological polar surface area (TPSA) is 12.0 Å². The number of hydrogen-bond acceptors (Lipinski definition) is 3. The maximum atomic E-state index is 12.4. The zero-order chi connectivity index (χ0) is 12.1. The third-order valence-corrected chi connectivity index (χ3v) is 3.80. The number of thiophene rings is 1. The normalized spacial score (nSPS) is 10.8. The van der Waals surface area contributed by atoms with Gasteiger partial charge in [-0.2, -0.15) is 8.78 Å². The molecule has 5 heteroatoms. The van der Waals surface area contributed by atoms with E-state index in [1.54, 1.807) is 23.5 Å². The predicted octanol–water partition coefficient (Wildman–Crippen LogP) is 4.67. The van der Waals surface area contributed by atoms with Crippen LogP contribution in [0.15, 0.2) is 46.7 Å². The number of hydrogen-bond donors (Lipinski definition) is 1. The van der Waals surface area contributed by atoms with Crippen molar-refractivity contribution >= 4 is 28.8 Å². The van der Waals surface area contributed by atoms with E-state index >= 15 is 0 Å². The van der Waals surface area contributed by atoms with Gasteiger partial charge >= 0.3 is 0 Å². The molecule has 1 heterocycles. The van der Waals surface area contributed by atoms with E-state index in [0.29, 0.717) is 23.2 Å². The lowest BCUT2D eigenvalue weighted by Gasteiger charge is -2.10. The number of thioether (sulfide) groups is 1. The second kappa shape index (κ2) is 6.02. The van der Waals surface area contributed by atoms with Crippen LogP contribution in [-0.2, 0) is 6.54 Å². The average molecular weight is 271 g/mol. The van der Waals surface area contributed by atoms with E-state index in [4.69, 9.17) is 0 Å². The number of nitrogens with one attached hydrogen (secondary N) is 1. The molecule has 0 radical (unpaired) electrons. The van der Waals surface area contributed by atoms with E-state index in [-0.39, 0.29) is 0 Å². The van der Waals surface area contributed by atoms with Gasteiger partial charge in [-0.1, -0.05) is 30.0 Å². The Hall–Kier alpha value is -1.07. The van der Waals surface area contributed by atoms with Gasteiger partial charge in [0.1, 0.15) is 0 Å². The van der Waals surface area contributed by atoms with Gasteiger partial charge in [0.25, 0.3) is 5.76 Å². The fourth-order valence-electron chi connectivity index (χ4n) is 1.41. The molecule has 2 rings (SSSR count). The van der Waals surface area contributed by atoms with Gasteiger partial charge < -0.3 is 5.32 Å². The number of para-hydroxylation sites is 1. The molecular formula is C12H11F2NS2. The third-order valence-electron chi connectivity index (χ3n) is 2.14. The zero-order valence-corrected chi connectivity index (χ0v) is 10.5. The van der Waals surface area contributed by atoms with Crippen molar-refractivity contribution in [3.8, 4) is 0 Å². The van der Waals surface area contributed by atoms with E-state index in [2.05, 4.69) is 5.32 Å². The summed E-state index contributed by atoms with van der Waals surface area (Å²) in [7, 11) is 0. The molecule has 2 aromatic rings. The number of anilines is 1. The molecule has 1 aromatic heterocycles. The van der Waals surface area contributed by atoms with E-state index < -0.39 is 5.76 Å². The van der Waals surface area contributed by atoms with E-state index in [0.717, 1.165) is 5.69 Å². The summed E-state index contributed by atoms with van der Waals surface area (Å²) in [4.78, 5) is 1.76. The van der Waals surface area contributed by atoms with Crippen LogP contribution in [0.5, 0.6) is 0 Å². The second-order valence-corrected chi connectivity index (χ2v) is 5.37. The highest BCUT2D eigenvalue weighted by molar-refractivity contribution is 7.99. The van der Waals surface area contributed by atoms with E-state index in [9.17, 15) is 8.78 Å². The molecule has 0 fully saturated rings. The smallest absolute Gasteiger partial charge is 0.288 e. The fourth-order valence-corrected chi connectivity index (χ4v) is 2.67. The molecule has 90 valence electrons. The average Bonchev–Trinajstić information content (AvgIpc) is 2.80. The van der Waals surface area contributed by atoms with Gasteiger partial charge in [-0.25, -0.2) is 0 Å². The largest absolute Gasteiger partial charge is 0.379 e. The fraction of sp³-hybridized carbons (Fsp3) is 0.167. The summed E-state index contributed by atoms with van der Waals surface area (Å²) in [6, 6.07) is 11.1. The lowest BCUT2D eigenvalue weighted by molar-refractivity contribution is 0.252. The van der Waals surface area contributed by atoms with Crippen molar-refractivity contribution in [1.82, 2.24) is 0 Å². The van der Waals surface area contributed by atoms with E-state index in [1.807, 2.05) is 29.6 Å². The molecule has 0 unspecified atom stereocenters. The molecule has 1 aromatic carbocycles. The summed E-state index contributed by atoms with van der Waals surface area (Å²) in [5.41, 5.74) is 0.756. The monoisotopic (exact) mass is 271 g/mol. The lowest BCUT2D eigenvalue weighted by Crippen LogP contribution is -1.99. The summed E-state index contributed by atoms with van der Waals surface area (Å²) in [5.74, 6) is -2.39. The highest BCUT2D eigenvalue weighted by Gasteiger charge is 2.09. The van der Waals surface area contributed by atoms with Gasteiger partial charge in [0.2, 0.25) is 0 Å². The third kappa shape index (κ3) is 3.71. The summed E-state index contributed by atoms with van der Waals surface area (Å²) in [6.45, 7) is 0.665. The first-order valence-electron chi connectivity index (χ1n) is 5.06. The van der Waals surface area contributed by atoms with E-state index in [1.165, 1.54) is 4.88 Å². The highest BCUT2D eigenvalue weighted by Crippen LogP contribution is 2.31. The lowest BCUT2D eigenvalue weighted by atomic mass is 10.3. The molecule has 0 aliphatic carbocycles. The van der Waals surface area contributed by atoms with Crippen molar-refractivity contribution in [2.24, 2.45) is 0 Å². The van der Waals surface area contributed by atoms with Crippen molar-refractivity contribution in [2.45, 2.75) is 17.2 Å². The van der Waals surface area contributed by atoms with Crippen LogP contribution in [0, 0.1) is 0 Å². The first-order valence-corrected chi connectivity index (χ1v) is 6.82. The van der Waals surface area contributed by atoms with Crippen LogP contribution in [0.25, 0.3) is 0 Å². The summed E-state index contributed by atoms with van der Waals surface area (Å²) in [5, 5.41) is 5.17. The maximum Gasteiger partial charge on any atom is 0.288 e. The molecule has 0 atom stereocenters. The summed E-state index contributed by atoms with van der Waals surface area (Å²) >= 11 is 2.21. The first kappa shape index (κ1) is 12.4. The molecule has 0 saturated carbocycles. The molecule has 1 nitrogen and oxygen atoms in total. The Balaban J connectivity index is 2.04. The quantitative estimate of drug-likeness (QED) is 0.793. The van der Waals surface area contributed by atoms with Gasteiger partial charge in [-0.3, -0.25) is 0 Å². The molecule has 0 bridgehead atoms. The molecule has 0 aliphatic heterocycles. The summed E-state index contributed by atoms with van der Waals surface area (Å²) in [6.07, 6.45) is 0. The Morgan fingerprint density at radius 3 is 2.71 bits per heavy atom. The Labute approximate surface area is 107 Å². The second-order valence-electron chi connectivity index (χ2n) is 3.31. The van der Waals surface area contributed by atoms with Crippen LogP contribution in [0.4, 0.5) is 14.5 Å². The Bertz CT molecular complexity index is 457. The molecule has 0 saturated heterocycles. The van der Waals surface area contributed by atoms with Crippen LogP contribution < -0.4 is 5.32 Å². The number of benzene rings is 1. The van der Waals surface area contributed by atoms with Crippen LogP contribution in [0.2, 0.25) is 0 Å². The van der Waals surface area contributed by atoms with Crippen LogP contribution in [-0.4, -0.2) is 5.76 Å². The van der Waals surface area contributed by atoms with Gasteiger partial charge in [0.05, 0.1) is 0 Å². The van der Waals surface area contributed by atoms with Gasteiger partial charge in [0.15, 0.2) is 0 Å². The van der Waals surface area contributed by atoms with Gasteiger partial charge in [-0.15, -0.1) is 11.3 Å². The standard InChI is InChI=1S/C12H11F2NS2/c13-12(14)17-11-6-2-1-5-10(11)15-8-9-4-3-7-16-9/h1-7,12,15H,8H2. The minimum atomic E-state index is -2.39. The van der Waals surface area contributed by atoms with Crippen molar-refractivity contribution in [3.63, 3.8) is 0 Å². The van der Waals surface area contributed by atoms with Crippen LogP contribution in [0.1, 0.15) is 4.88 Å². The highest BCUT2D eigenvalue weighted by atomic mass is 32.2. The molecular weight excluding hydrogens is 260 g/mol.